The number of likely N-dealkylation sites (tertiary alicyclic amines) is 2. The first kappa shape index (κ1) is 28.6. The molecule has 2 fully saturated rings. The van der Waals surface area contributed by atoms with Gasteiger partial charge in [0, 0.05) is 24.2 Å². The van der Waals surface area contributed by atoms with E-state index in [1.807, 2.05) is 18.2 Å². The number of hydrogen-bond acceptors (Lipinski definition) is 4. The zero-order chi connectivity index (χ0) is 26.1. The van der Waals surface area contributed by atoms with Crippen LogP contribution in [0.15, 0.2) is 30.3 Å². The third kappa shape index (κ3) is 8.83. The molecule has 2 N–H and O–H groups in total. The number of nitrogens with one attached hydrogen (secondary N) is 1. The number of benzene rings is 1. The molecule has 35 heavy (non-hydrogen) atoms. The zero-order valence-corrected chi connectivity index (χ0v) is 20.4. The summed E-state index contributed by atoms with van der Waals surface area (Å²) in [5.74, 6) is -2.14. The summed E-state index contributed by atoms with van der Waals surface area (Å²) in [6.45, 7) is 8.85. The van der Waals surface area contributed by atoms with Gasteiger partial charge >= 0.3 is 12.1 Å². The summed E-state index contributed by atoms with van der Waals surface area (Å²) in [6, 6.07) is 9.10. The number of halogens is 3. The molecule has 3 rings (SSSR count). The Bertz CT molecular complexity index is 848. The van der Waals surface area contributed by atoms with E-state index in [-0.39, 0.29) is 23.9 Å². The molecule has 196 valence electrons. The molecule has 0 aromatic heterocycles. The van der Waals surface area contributed by atoms with Crippen LogP contribution < -0.4 is 5.32 Å². The maximum absolute atomic E-state index is 13.0. The van der Waals surface area contributed by atoms with Crippen LogP contribution in [0.25, 0.3) is 0 Å². The number of alkyl halides is 3. The second kappa shape index (κ2) is 12.9. The van der Waals surface area contributed by atoms with Crippen molar-refractivity contribution < 1.29 is 32.7 Å². The summed E-state index contributed by atoms with van der Waals surface area (Å²) >= 11 is 0. The summed E-state index contributed by atoms with van der Waals surface area (Å²) in [5, 5.41) is 9.94. The predicted octanol–water partition coefficient (Wildman–Crippen LogP) is 3.94. The van der Waals surface area contributed by atoms with Crippen LogP contribution in [-0.4, -0.2) is 77.1 Å². The topological polar surface area (TPSA) is 90.0 Å². The van der Waals surface area contributed by atoms with Crippen molar-refractivity contribution in [1.82, 2.24) is 15.1 Å². The van der Waals surface area contributed by atoms with Gasteiger partial charge in [0.2, 0.25) is 5.91 Å². The van der Waals surface area contributed by atoms with Gasteiger partial charge in [-0.25, -0.2) is 4.79 Å². The second-order valence-electron chi connectivity index (χ2n) is 9.60. The third-order valence-corrected chi connectivity index (χ3v) is 6.61. The first-order valence-corrected chi connectivity index (χ1v) is 12.1. The molecule has 1 spiro atoms. The van der Waals surface area contributed by atoms with Gasteiger partial charge in [-0.05, 0) is 69.7 Å². The summed E-state index contributed by atoms with van der Waals surface area (Å²) in [4.78, 5) is 38.8. The van der Waals surface area contributed by atoms with Crippen LogP contribution in [0.3, 0.4) is 0 Å². The fraction of sp³-hybridized carbons (Fsp3) is 0.640. The molecule has 10 heteroatoms. The van der Waals surface area contributed by atoms with Crippen molar-refractivity contribution in [1.29, 1.82) is 0 Å². The molecule has 0 bridgehead atoms. The van der Waals surface area contributed by atoms with Gasteiger partial charge < -0.3 is 20.2 Å². The van der Waals surface area contributed by atoms with Crippen LogP contribution in [0.2, 0.25) is 0 Å². The van der Waals surface area contributed by atoms with E-state index in [2.05, 4.69) is 29.0 Å². The number of carboxylic acids is 1. The minimum Gasteiger partial charge on any atom is -0.475 e. The number of carbonyl (C=O) groups is 3. The molecule has 2 saturated heterocycles. The first-order valence-electron chi connectivity index (χ1n) is 12.1. The molecule has 1 aromatic carbocycles. The average Bonchev–Trinajstić information content (AvgIpc) is 3.11. The smallest absolute Gasteiger partial charge is 0.475 e. The van der Waals surface area contributed by atoms with Gasteiger partial charge in [-0.1, -0.05) is 32.0 Å². The van der Waals surface area contributed by atoms with Crippen LogP contribution in [-0.2, 0) is 9.59 Å². The molecule has 0 saturated carbocycles. The molecule has 1 atom stereocenters. The van der Waals surface area contributed by atoms with E-state index in [9.17, 15) is 22.8 Å². The number of nitrogens with zero attached hydrogens (tertiary/aromatic N) is 2. The van der Waals surface area contributed by atoms with Crippen molar-refractivity contribution in [2.75, 3.05) is 32.7 Å². The monoisotopic (exact) mass is 499 g/mol. The molecule has 1 unspecified atom stereocenters. The van der Waals surface area contributed by atoms with Gasteiger partial charge in [-0.15, -0.1) is 0 Å². The van der Waals surface area contributed by atoms with Crippen LogP contribution in [0.4, 0.5) is 13.2 Å². The lowest BCUT2D eigenvalue weighted by atomic mass is 9.87. The van der Waals surface area contributed by atoms with Gasteiger partial charge in [0.15, 0.2) is 0 Å². The maximum atomic E-state index is 13.0. The SMILES string of the molecule is CC(C)CCN1CCCC2(CCCN2C(=O)CNC(=O)c2ccccc2)CC1.O=C(O)C(F)(F)F. The lowest BCUT2D eigenvalue weighted by Gasteiger charge is -2.38. The van der Waals surface area contributed by atoms with Crippen LogP contribution >= 0.6 is 0 Å². The molecular weight excluding hydrogens is 463 g/mol. The summed E-state index contributed by atoms with van der Waals surface area (Å²) in [7, 11) is 0. The highest BCUT2D eigenvalue weighted by Crippen LogP contribution is 2.38. The number of carboxylic acid groups (broad SMARTS) is 1. The fourth-order valence-corrected chi connectivity index (χ4v) is 4.69. The molecule has 2 aliphatic rings. The van der Waals surface area contributed by atoms with Crippen LogP contribution in [0.5, 0.6) is 0 Å². The molecule has 2 amide bonds. The summed E-state index contributed by atoms with van der Waals surface area (Å²) in [6.07, 6.45) is 1.63. The van der Waals surface area contributed by atoms with E-state index in [0.29, 0.717) is 5.56 Å². The maximum Gasteiger partial charge on any atom is 0.490 e. The van der Waals surface area contributed by atoms with Crippen LogP contribution in [0.1, 0.15) is 62.7 Å². The van der Waals surface area contributed by atoms with E-state index in [1.54, 1.807) is 12.1 Å². The van der Waals surface area contributed by atoms with Crippen molar-refractivity contribution >= 4 is 17.8 Å². The van der Waals surface area contributed by atoms with Crippen LogP contribution in [0, 0.1) is 5.92 Å². The molecule has 0 radical (unpaired) electrons. The van der Waals surface area contributed by atoms with Gasteiger partial charge in [0.25, 0.3) is 5.91 Å². The van der Waals surface area contributed by atoms with E-state index >= 15 is 0 Å². The Morgan fingerprint density at radius 3 is 2.20 bits per heavy atom. The van der Waals surface area contributed by atoms with Crippen molar-refractivity contribution in [2.45, 2.75) is 64.1 Å². The molecule has 0 aliphatic carbocycles. The lowest BCUT2D eigenvalue weighted by molar-refractivity contribution is -0.192. The number of aliphatic carboxylic acids is 1. The number of rotatable bonds is 6. The van der Waals surface area contributed by atoms with Gasteiger partial charge in [-0.2, -0.15) is 13.2 Å². The Labute approximate surface area is 204 Å². The van der Waals surface area contributed by atoms with E-state index in [0.717, 1.165) is 64.2 Å². The molecule has 2 aliphatic heterocycles. The minimum atomic E-state index is -5.08. The Morgan fingerprint density at radius 1 is 1.03 bits per heavy atom. The van der Waals surface area contributed by atoms with E-state index in [4.69, 9.17) is 9.90 Å². The Kier molecular flexibility index (Phi) is 10.5. The third-order valence-electron chi connectivity index (χ3n) is 6.61. The number of hydrogen-bond donors (Lipinski definition) is 2. The Hall–Kier alpha value is -2.62. The molecule has 7 nitrogen and oxygen atoms in total. The Balaban J connectivity index is 0.000000540. The minimum absolute atomic E-state index is 0.00113. The molecule has 1 aromatic rings. The number of amides is 2. The largest absolute Gasteiger partial charge is 0.490 e. The standard InChI is InChI=1S/C23H35N3O2.C2HF3O2/c1-19(2)10-16-25-14-6-11-23(13-17-25)12-7-15-26(23)21(27)18-24-22(28)20-8-4-3-5-9-20;3-2(4,5)1(6)7/h3-5,8-9,19H,6-7,10-18H2,1-2H3,(H,24,28);(H,6,7). The average molecular weight is 500 g/mol. The Morgan fingerprint density at radius 2 is 1.63 bits per heavy atom. The van der Waals surface area contributed by atoms with Crippen molar-refractivity contribution in [3.63, 3.8) is 0 Å². The highest BCUT2D eigenvalue weighted by molar-refractivity contribution is 5.96. The van der Waals surface area contributed by atoms with Crippen molar-refractivity contribution in [2.24, 2.45) is 5.92 Å². The van der Waals surface area contributed by atoms with Crippen molar-refractivity contribution in [3.05, 3.63) is 35.9 Å². The van der Waals surface area contributed by atoms with Gasteiger partial charge in [0.1, 0.15) is 0 Å². The predicted molar refractivity (Wildman–Crippen MR) is 126 cm³/mol. The zero-order valence-electron chi connectivity index (χ0n) is 20.4. The van der Waals surface area contributed by atoms with E-state index < -0.39 is 12.1 Å². The molecular formula is C25H36F3N3O4. The normalized spacial score (nSPS) is 20.8. The van der Waals surface area contributed by atoms with E-state index in [1.165, 1.54) is 6.42 Å². The second-order valence-corrected chi connectivity index (χ2v) is 9.60. The van der Waals surface area contributed by atoms with Crippen molar-refractivity contribution in [3.8, 4) is 0 Å². The first-order chi connectivity index (χ1) is 16.4. The summed E-state index contributed by atoms with van der Waals surface area (Å²) in [5.41, 5.74) is 0.600. The highest BCUT2D eigenvalue weighted by Gasteiger charge is 2.44. The molecule has 2 heterocycles. The highest BCUT2D eigenvalue weighted by atomic mass is 19.4. The quantitative estimate of drug-likeness (QED) is 0.619. The van der Waals surface area contributed by atoms with Gasteiger partial charge in [0.05, 0.1) is 6.54 Å². The lowest BCUT2D eigenvalue weighted by Crippen LogP contribution is -2.51. The summed E-state index contributed by atoms with van der Waals surface area (Å²) < 4.78 is 31.7. The van der Waals surface area contributed by atoms with Gasteiger partial charge in [-0.3, -0.25) is 9.59 Å². The fourth-order valence-electron chi connectivity index (χ4n) is 4.69. The number of carbonyl (C=O) groups excluding carboxylic acids is 2.